The predicted molar refractivity (Wildman–Crippen MR) is 108 cm³/mol. The van der Waals surface area contributed by atoms with Gasteiger partial charge in [-0.1, -0.05) is 17.7 Å². The average Bonchev–Trinajstić information content (AvgIpc) is 3.04. The van der Waals surface area contributed by atoms with E-state index in [1.54, 1.807) is 0 Å². The first-order valence-electron chi connectivity index (χ1n) is 9.48. The summed E-state index contributed by atoms with van der Waals surface area (Å²) in [6.07, 6.45) is 3.93. The summed E-state index contributed by atoms with van der Waals surface area (Å²) in [4.78, 5) is 27.9. The maximum atomic E-state index is 12.6. The Morgan fingerprint density at radius 3 is 2.70 bits per heavy atom. The molecule has 27 heavy (non-hydrogen) atoms. The SMILES string of the molecule is Cc1ccc(NC(=O)N2CCN(C3=CC4=NC[C@H](C)N4C=N3)CC2)c(C)c1. The molecule has 0 saturated carbocycles. The van der Waals surface area contributed by atoms with Crippen molar-refractivity contribution < 1.29 is 4.79 Å². The number of urea groups is 1. The number of hydrogen-bond acceptors (Lipinski definition) is 5. The van der Waals surface area contributed by atoms with Gasteiger partial charge in [0.2, 0.25) is 0 Å². The minimum atomic E-state index is -0.0390. The summed E-state index contributed by atoms with van der Waals surface area (Å²) in [5.74, 6) is 1.93. The Labute approximate surface area is 160 Å². The van der Waals surface area contributed by atoms with E-state index in [1.165, 1.54) is 5.56 Å². The normalized spacial score (nSPS) is 21.7. The van der Waals surface area contributed by atoms with Crippen molar-refractivity contribution in [3.05, 3.63) is 41.2 Å². The number of anilines is 1. The van der Waals surface area contributed by atoms with Crippen molar-refractivity contribution in [2.24, 2.45) is 9.98 Å². The molecule has 3 heterocycles. The molecule has 1 saturated heterocycles. The van der Waals surface area contributed by atoms with E-state index in [1.807, 2.05) is 30.3 Å². The maximum Gasteiger partial charge on any atom is 0.321 e. The fourth-order valence-electron chi connectivity index (χ4n) is 3.65. The van der Waals surface area contributed by atoms with Gasteiger partial charge in [-0.2, -0.15) is 0 Å². The molecule has 3 aliphatic rings. The number of benzene rings is 1. The molecule has 1 atom stereocenters. The van der Waals surface area contributed by atoms with E-state index >= 15 is 0 Å². The summed E-state index contributed by atoms with van der Waals surface area (Å²) >= 11 is 0. The van der Waals surface area contributed by atoms with Crippen LogP contribution in [0.4, 0.5) is 10.5 Å². The van der Waals surface area contributed by atoms with Crippen LogP contribution in [0, 0.1) is 13.8 Å². The van der Waals surface area contributed by atoms with E-state index in [2.05, 4.69) is 51.1 Å². The number of aryl methyl sites for hydroxylation is 2. The quantitative estimate of drug-likeness (QED) is 0.874. The van der Waals surface area contributed by atoms with Crippen molar-refractivity contribution >= 4 is 23.9 Å². The van der Waals surface area contributed by atoms with Crippen molar-refractivity contribution in [3.8, 4) is 0 Å². The Morgan fingerprint density at radius 1 is 1.19 bits per heavy atom. The molecule has 7 heteroatoms. The smallest absolute Gasteiger partial charge is 0.321 e. The molecular weight excluding hydrogens is 340 g/mol. The molecular formula is C20H26N6O. The number of amides is 2. The molecule has 7 nitrogen and oxygen atoms in total. The number of fused-ring (bicyclic) bond motifs is 1. The van der Waals surface area contributed by atoms with Gasteiger partial charge in [-0.15, -0.1) is 0 Å². The Kier molecular flexibility index (Phi) is 4.59. The van der Waals surface area contributed by atoms with Gasteiger partial charge in [-0.05, 0) is 32.4 Å². The Bertz CT molecular complexity index is 835. The number of rotatable bonds is 2. The minimum absolute atomic E-state index is 0.0390. The first kappa shape index (κ1) is 17.6. The summed E-state index contributed by atoms with van der Waals surface area (Å²) in [5.41, 5.74) is 3.15. The van der Waals surface area contributed by atoms with Crippen molar-refractivity contribution in [3.63, 3.8) is 0 Å². The van der Waals surface area contributed by atoms with Crippen LogP contribution in [0.25, 0.3) is 0 Å². The van der Waals surface area contributed by atoms with Crippen LogP contribution >= 0.6 is 0 Å². The number of carbonyl (C=O) groups excluding carboxylic acids is 1. The number of hydrogen-bond donors (Lipinski definition) is 1. The number of piperazine rings is 1. The molecule has 0 spiro atoms. The molecule has 1 aromatic carbocycles. The molecule has 3 aliphatic heterocycles. The lowest BCUT2D eigenvalue weighted by Gasteiger charge is -2.37. The zero-order chi connectivity index (χ0) is 19.0. The predicted octanol–water partition coefficient (Wildman–Crippen LogP) is 2.44. The lowest BCUT2D eigenvalue weighted by atomic mass is 10.1. The highest BCUT2D eigenvalue weighted by molar-refractivity contribution is 6.03. The second kappa shape index (κ2) is 7.06. The van der Waals surface area contributed by atoms with Gasteiger partial charge in [0.15, 0.2) is 0 Å². The largest absolute Gasteiger partial charge is 0.353 e. The molecule has 1 N–H and O–H groups in total. The highest BCUT2D eigenvalue weighted by Crippen LogP contribution is 2.20. The third-order valence-corrected chi connectivity index (χ3v) is 5.34. The van der Waals surface area contributed by atoms with Crippen molar-refractivity contribution in [1.29, 1.82) is 0 Å². The molecule has 0 bridgehead atoms. The van der Waals surface area contributed by atoms with Crippen LogP contribution in [-0.2, 0) is 0 Å². The molecule has 1 aromatic rings. The van der Waals surface area contributed by atoms with Crippen LogP contribution in [-0.4, -0.2) is 71.7 Å². The number of nitrogens with one attached hydrogen (secondary N) is 1. The summed E-state index contributed by atoms with van der Waals surface area (Å²) in [7, 11) is 0. The van der Waals surface area contributed by atoms with Gasteiger partial charge < -0.3 is 20.0 Å². The van der Waals surface area contributed by atoms with Gasteiger partial charge in [-0.3, -0.25) is 4.99 Å². The molecule has 0 unspecified atom stereocenters. The molecule has 0 aromatic heterocycles. The standard InChI is InChI=1S/C20H26N6O/c1-14-4-5-17(15(2)10-14)23-20(27)25-8-6-24(7-9-25)18-11-19-21-12-16(3)26(19)13-22-18/h4-5,10-11,13,16H,6-9,12H2,1-3H3,(H,23,27)/t16-/m0/s1. The topological polar surface area (TPSA) is 63.5 Å². The first-order valence-corrected chi connectivity index (χ1v) is 9.48. The second-order valence-corrected chi connectivity index (χ2v) is 7.42. The first-order chi connectivity index (χ1) is 13.0. The van der Waals surface area contributed by atoms with Gasteiger partial charge in [0, 0.05) is 37.9 Å². The highest BCUT2D eigenvalue weighted by Gasteiger charge is 2.28. The molecule has 4 rings (SSSR count). The van der Waals surface area contributed by atoms with Crippen LogP contribution < -0.4 is 5.32 Å². The summed E-state index contributed by atoms with van der Waals surface area (Å²) < 4.78 is 0. The lowest BCUT2D eigenvalue weighted by molar-refractivity contribution is 0.166. The van der Waals surface area contributed by atoms with Crippen molar-refractivity contribution in [1.82, 2.24) is 14.7 Å². The third kappa shape index (κ3) is 3.54. The van der Waals surface area contributed by atoms with Crippen molar-refractivity contribution in [2.75, 3.05) is 38.0 Å². The molecule has 0 radical (unpaired) electrons. The molecule has 142 valence electrons. The Hall–Kier alpha value is -2.83. The Balaban J connectivity index is 1.34. The summed E-state index contributed by atoms with van der Waals surface area (Å²) in [6, 6.07) is 6.41. The zero-order valence-electron chi connectivity index (χ0n) is 16.1. The molecule has 0 aliphatic carbocycles. The van der Waals surface area contributed by atoms with E-state index in [4.69, 9.17) is 0 Å². The minimum Gasteiger partial charge on any atom is -0.353 e. The van der Waals surface area contributed by atoms with Gasteiger partial charge in [-0.25, -0.2) is 9.79 Å². The van der Waals surface area contributed by atoms with Crippen LogP contribution in [0.5, 0.6) is 0 Å². The second-order valence-electron chi connectivity index (χ2n) is 7.42. The van der Waals surface area contributed by atoms with Crippen LogP contribution in [0.2, 0.25) is 0 Å². The number of nitrogens with zero attached hydrogens (tertiary/aromatic N) is 5. The van der Waals surface area contributed by atoms with E-state index in [0.29, 0.717) is 19.1 Å². The maximum absolute atomic E-state index is 12.6. The van der Waals surface area contributed by atoms with Crippen LogP contribution in [0.1, 0.15) is 18.1 Å². The zero-order valence-corrected chi connectivity index (χ0v) is 16.1. The van der Waals surface area contributed by atoms with Crippen molar-refractivity contribution in [2.45, 2.75) is 26.8 Å². The van der Waals surface area contributed by atoms with Gasteiger partial charge in [0.1, 0.15) is 11.7 Å². The van der Waals surface area contributed by atoms with E-state index in [9.17, 15) is 4.79 Å². The van der Waals surface area contributed by atoms with E-state index < -0.39 is 0 Å². The lowest BCUT2D eigenvalue weighted by Crippen LogP contribution is -2.50. The fraction of sp³-hybridized carbons (Fsp3) is 0.450. The van der Waals surface area contributed by atoms with E-state index in [0.717, 1.165) is 42.5 Å². The number of aliphatic imine (C=N–C) groups is 2. The van der Waals surface area contributed by atoms with Gasteiger partial charge in [0.05, 0.1) is 18.9 Å². The molecule has 1 fully saturated rings. The fourth-order valence-corrected chi connectivity index (χ4v) is 3.65. The molecule has 2 amide bonds. The highest BCUT2D eigenvalue weighted by atomic mass is 16.2. The van der Waals surface area contributed by atoms with Gasteiger partial charge >= 0.3 is 6.03 Å². The van der Waals surface area contributed by atoms with Crippen LogP contribution in [0.15, 0.2) is 40.1 Å². The summed E-state index contributed by atoms with van der Waals surface area (Å²) in [5, 5.41) is 3.04. The third-order valence-electron chi connectivity index (χ3n) is 5.34. The van der Waals surface area contributed by atoms with E-state index in [-0.39, 0.29) is 6.03 Å². The summed E-state index contributed by atoms with van der Waals surface area (Å²) in [6.45, 7) is 9.93. The van der Waals surface area contributed by atoms with Crippen LogP contribution in [0.3, 0.4) is 0 Å². The number of carbonyl (C=O) groups is 1. The number of amidine groups is 1. The Morgan fingerprint density at radius 2 is 1.96 bits per heavy atom. The average molecular weight is 366 g/mol. The monoisotopic (exact) mass is 366 g/mol. The van der Waals surface area contributed by atoms with Gasteiger partial charge in [0.25, 0.3) is 0 Å².